The zero-order valence-electron chi connectivity index (χ0n) is 15.2. The number of hydrogen-bond donors (Lipinski definition) is 0. The lowest BCUT2D eigenvalue weighted by Gasteiger charge is -2.23. The van der Waals surface area contributed by atoms with Crippen LogP contribution in [-0.4, -0.2) is 50.1 Å². The highest BCUT2D eigenvalue weighted by Crippen LogP contribution is 2.28. The zero-order chi connectivity index (χ0) is 19.1. The largest absolute Gasteiger partial charge is 0.383 e. The minimum Gasteiger partial charge on any atom is -0.383 e. The van der Waals surface area contributed by atoms with E-state index < -0.39 is 4.92 Å². The fraction of sp³-hybridized carbons (Fsp3) is 0.316. The average molecular weight is 357 g/mol. The minimum absolute atomic E-state index is 0.0905. The van der Waals surface area contributed by atoms with Gasteiger partial charge in [0.2, 0.25) is 0 Å². The average Bonchev–Trinajstić information content (AvgIpc) is 2.64. The SMILES string of the molecule is COCCN(Cc1ccccc1)C(=O)c1ccc(N(C)C)c([N+](=O)[O-])c1. The summed E-state index contributed by atoms with van der Waals surface area (Å²) in [5, 5.41) is 11.4. The maximum atomic E-state index is 12.9. The van der Waals surface area contributed by atoms with Gasteiger partial charge in [-0.05, 0) is 17.7 Å². The number of rotatable bonds is 8. The molecule has 0 spiro atoms. The molecule has 0 aliphatic carbocycles. The number of hydrogen-bond acceptors (Lipinski definition) is 5. The Bertz CT molecular complexity index is 763. The molecule has 138 valence electrons. The van der Waals surface area contributed by atoms with Crippen LogP contribution in [-0.2, 0) is 11.3 Å². The first kappa shape index (κ1) is 19.4. The van der Waals surface area contributed by atoms with Crippen LogP contribution in [0, 0.1) is 10.1 Å². The van der Waals surface area contributed by atoms with Gasteiger partial charge in [-0.15, -0.1) is 0 Å². The van der Waals surface area contributed by atoms with E-state index in [1.54, 1.807) is 43.1 Å². The van der Waals surface area contributed by atoms with Crippen molar-refractivity contribution in [3.63, 3.8) is 0 Å². The molecule has 7 nitrogen and oxygen atoms in total. The normalized spacial score (nSPS) is 10.4. The standard InChI is InChI=1S/C19H23N3O4/c1-20(2)17-10-9-16(13-18(17)22(24)25)19(23)21(11-12-26-3)14-15-7-5-4-6-8-15/h4-10,13H,11-12,14H2,1-3H3. The van der Waals surface area contributed by atoms with Gasteiger partial charge in [0.05, 0.1) is 11.5 Å². The van der Waals surface area contributed by atoms with Gasteiger partial charge in [-0.25, -0.2) is 0 Å². The van der Waals surface area contributed by atoms with Crippen LogP contribution >= 0.6 is 0 Å². The molecule has 2 aromatic carbocycles. The van der Waals surface area contributed by atoms with E-state index in [1.807, 2.05) is 30.3 Å². The quantitative estimate of drug-likeness (QED) is 0.536. The van der Waals surface area contributed by atoms with Gasteiger partial charge >= 0.3 is 0 Å². The predicted octanol–water partition coefficient (Wildman–Crippen LogP) is 2.95. The van der Waals surface area contributed by atoms with E-state index in [9.17, 15) is 14.9 Å². The number of nitro benzene ring substituents is 1. The Kier molecular flexibility index (Phi) is 6.68. The molecule has 0 N–H and O–H groups in total. The van der Waals surface area contributed by atoms with E-state index in [4.69, 9.17) is 4.74 Å². The first-order valence-corrected chi connectivity index (χ1v) is 8.22. The van der Waals surface area contributed by atoms with Crippen LogP contribution in [0.25, 0.3) is 0 Å². The Labute approximate surface area is 152 Å². The van der Waals surface area contributed by atoms with Gasteiger partial charge in [-0.3, -0.25) is 14.9 Å². The molecule has 0 heterocycles. The van der Waals surface area contributed by atoms with Crippen molar-refractivity contribution in [3.8, 4) is 0 Å². The van der Waals surface area contributed by atoms with Crippen molar-refractivity contribution in [1.82, 2.24) is 4.90 Å². The minimum atomic E-state index is -0.469. The number of nitro groups is 1. The van der Waals surface area contributed by atoms with Crippen LogP contribution in [0.2, 0.25) is 0 Å². The lowest BCUT2D eigenvalue weighted by molar-refractivity contribution is -0.384. The van der Waals surface area contributed by atoms with E-state index in [0.717, 1.165) is 5.56 Å². The Morgan fingerprint density at radius 2 is 1.85 bits per heavy atom. The maximum absolute atomic E-state index is 12.9. The molecule has 0 bridgehead atoms. The third kappa shape index (κ3) is 4.80. The monoisotopic (exact) mass is 357 g/mol. The van der Waals surface area contributed by atoms with Crippen LogP contribution < -0.4 is 4.90 Å². The van der Waals surface area contributed by atoms with Crippen molar-refractivity contribution in [3.05, 3.63) is 69.8 Å². The van der Waals surface area contributed by atoms with Crippen molar-refractivity contribution in [2.24, 2.45) is 0 Å². The maximum Gasteiger partial charge on any atom is 0.293 e. The van der Waals surface area contributed by atoms with Crippen molar-refractivity contribution >= 4 is 17.3 Å². The van der Waals surface area contributed by atoms with Crippen LogP contribution in [0.5, 0.6) is 0 Å². The highest BCUT2D eigenvalue weighted by atomic mass is 16.6. The first-order chi connectivity index (χ1) is 12.4. The summed E-state index contributed by atoms with van der Waals surface area (Å²) >= 11 is 0. The zero-order valence-corrected chi connectivity index (χ0v) is 15.2. The number of ether oxygens (including phenoxy) is 1. The Morgan fingerprint density at radius 3 is 2.42 bits per heavy atom. The third-order valence-corrected chi connectivity index (χ3v) is 3.97. The van der Waals surface area contributed by atoms with Gasteiger partial charge in [0.25, 0.3) is 11.6 Å². The third-order valence-electron chi connectivity index (χ3n) is 3.97. The molecule has 1 amide bonds. The summed E-state index contributed by atoms with van der Waals surface area (Å²) in [7, 11) is 5.02. The number of methoxy groups -OCH3 is 1. The van der Waals surface area contributed by atoms with Gasteiger partial charge in [0, 0.05) is 45.9 Å². The Morgan fingerprint density at radius 1 is 1.15 bits per heavy atom. The van der Waals surface area contributed by atoms with E-state index in [1.165, 1.54) is 6.07 Å². The topological polar surface area (TPSA) is 75.9 Å². The van der Waals surface area contributed by atoms with Crippen molar-refractivity contribution in [2.75, 3.05) is 39.3 Å². The molecule has 0 unspecified atom stereocenters. The molecule has 7 heteroatoms. The van der Waals surface area contributed by atoms with Gasteiger partial charge in [-0.2, -0.15) is 0 Å². The van der Waals surface area contributed by atoms with Crippen LogP contribution in [0.4, 0.5) is 11.4 Å². The van der Waals surface area contributed by atoms with Gasteiger partial charge in [-0.1, -0.05) is 30.3 Å². The summed E-state index contributed by atoms with van der Waals surface area (Å²) in [6.45, 7) is 1.19. The molecular weight excluding hydrogens is 334 g/mol. The summed E-state index contributed by atoms with van der Waals surface area (Å²) in [6.07, 6.45) is 0. The molecule has 0 aliphatic heterocycles. The predicted molar refractivity (Wildman–Crippen MR) is 100 cm³/mol. The number of carbonyl (C=O) groups excluding carboxylic acids is 1. The second kappa shape index (κ2) is 8.96. The number of carbonyl (C=O) groups is 1. The molecule has 2 aromatic rings. The van der Waals surface area contributed by atoms with Crippen LogP contribution in [0.1, 0.15) is 15.9 Å². The van der Waals surface area contributed by atoms with Crippen molar-refractivity contribution in [2.45, 2.75) is 6.54 Å². The number of amides is 1. The smallest absolute Gasteiger partial charge is 0.293 e. The molecule has 0 atom stereocenters. The van der Waals surface area contributed by atoms with Crippen molar-refractivity contribution < 1.29 is 14.5 Å². The highest BCUT2D eigenvalue weighted by Gasteiger charge is 2.22. The lowest BCUT2D eigenvalue weighted by Crippen LogP contribution is -2.33. The second-order valence-corrected chi connectivity index (χ2v) is 6.06. The molecule has 26 heavy (non-hydrogen) atoms. The van der Waals surface area contributed by atoms with E-state index >= 15 is 0 Å². The molecule has 0 aromatic heterocycles. The van der Waals surface area contributed by atoms with Crippen LogP contribution in [0.15, 0.2) is 48.5 Å². The van der Waals surface area contributed by atoms with Crippen LogP contribution in [0.3, 0.4) is 0 Å². The van der Waals surface area contributed by atoms with Gasteiger partial charge in [0.1, 0.15) is 5.69 Å². The van der Waals surface area contributed by atoms with E-state index in [2.05, 4.69) is 0 Å². The highest BCUT2D eigenvalue weighted by molar-refractivity contribution is 5.95. The molecular formula is C19H23N3O4. The summed E-state index contributed by atoms with van der Waals surface area (Å²) in [5.74, 6) is -0.265. The van der Waals surface area contributed by atoms with Gasteiger partial charge in [0.15, 0.2) is 0 Å². The molecule has 0 saturated heterocycles. The first-order valence-electron chi connectivity index (χ1n) is 8.22. The molecule has 0 aliphatic rings. The summed E-state index contributed by atoms with van der Waals surface area (Å²) < 4.78 is 5.10. The fourth-order valence-corrected chi connectivity index (χ4v) is 2.62. The summed E-state index contributed by atoms with van der Waals surface area (Å²) in [5.41, 5.74) is 1.64. The number of benzene rings is 2. The van der Waals surface area contributed by atoms with E-state index in [-0.39, 0.29) is 17.2 Å². The molecule has 0 radical (unpaired) electrons. The van der Waals surface area contributed by atoms with Crippen molar-refractivity contribution in [1.29, 1.82) is 0 Å². The summed E-state index contributed by atoms with van der Waals surface area (Å²) in [4.78, 5) is 27.1. The van der Waals surface area contributed by atoms with Gasteiger partial charge < -0.3 is 14.5 Å². The number of nitrogens with zero attached hydrogens (tertiary/aromatic N) is 3. The summed E-state index contributed by atoms with van der Waals surface area (Å²) in [6, 6.07) is 14.2. The molecule has 0 fully saturated rings. The molecule has 0 saturated carbocycles. The van der Waals surface area contributed by atoms with E-state index in [0.29, 0.717) is 25.4 Å². The lowest BCUT2D eigenvalue weighted by atomic mass is 10.1. The Balaban J connectivity index is 2.32. The molecule has 2 rings (SSSR count). The Hall–Kier alpha value is -2.93. The second-order valence-electron chi connectivity index (χ2n) is 6.06. The number of anilines is 1. The fourth-order valence-electron chi connectivity index (χ4n) is 2.62.